The third kappa shape index (κ3) is 5.03. The van der Waals surface area contributed by atoms with E-state index in [1.54, 1.807) is 12.1 Å². The van der Waals surface area contributed by atoms with Crippen LogP contribution in [0.1, 0.15) is 24.5 Å². The maximum atomic E-state index is 12.8. The molecule has 32 heavy (non-hydrogen) atoms. The molecule has 6 heteroatoms. The van der Waals surface area contributed by atoms with Crippen LogP contribution in [0.3, 0.4) is 0 Å². The zero-order valence-corrected chi connectivity index (χ0v) is 18.7. The van der Waals surface area contributed by atoms with E-state index >= 15 is 0 Å². The van der Waals surface area contributed by atoms with Crippen molar-refractivity contribution >= 4 is 16.7 Å². The Kier molecular flexibility index (Phi) is 6.93. The second-order valence-corrected chi connectivity index (χ2v) is 8.34. The molecule has 3 aromatic carbocycles. The van der Waals surface area contributed by atoms with Crippen molar-refractivity contribution in [2.45, 2.75) is 38.5 Å². The van der Waals surface area contributed by atoms with Gasteiger partial charge in [0, 0.05) is 32.2 Å². The van der Waals surface area contributed by atoms with Crippen molar-refractivity contribution in [2.24, 2.45) is 0 Å². The maximum absolute atomic E-state index is 12.8. The number of aromatic hydroxyl groups is 1. The number of phenolic OH excluding ortho intramolecular Hbond substituents is 1. The second-order valence-electron chi connectivity index (χ2n) is 8.34. The van der Waals surface area contributed by atoms with Gasteiger partial charge in [0.2, 0.25) is 5.91 Å². The van der Waals surface area contributed by atoms with Gasteiger partial charge in [0.1, 0.15) is 0 Å². The molecule has 0 saturated carbocycles. The quantitative estimate of drug-likeness (QED) is 0.508. The number of nitrogens with one attached hydrogen (secondary N) is 2. The normalized spacial score (nSPS) is 18.7. The highest BCUT2D eigenvalue weighted by atomic mass is 16.5. The summed E-state index contributed by atoms with van der Waals surface area (Å²) in [5, 5.41) is 19.0. The predicted octanol–water partition coefficient (Wildman–Crippen LogP) is 3.42. The Bertz CT molecular complexity index is 1080. The molecule has 2 atom stereocenters. The molecule has 3 N–H and O–H groups in total. The number of hydrogen-bond acceptors (Lipinski definition) is 5. The van der Waals surface area contributed by atoms with Gasteiger partial charge >= 0.3 is 0 Å². The van der Waals surface area contributed by atoms with Crippen molar-refractivity contribution in [3.8, 4) is 11.5 Å². The van der Waals surface area contributed by atoms with Crippen molar-refractivity contribution in [3.63, 3.8) is 0 Å². The first-order chi connectivity index (χ1) is 15.6. The monoisotopic (exact) mass is 433 g/mol. The number of hydrogen-bond donors (Lipinski definition) is 3. The van der Waals surface area contributed by atoms with E-state index in [0.29, 0.717) is 18.8 Å². The van der Waals surface area contributed by atoms with Crippen molar-refractivity contribution < 1.29 is 14.6 Å². The van der Waals surface area contributed by atoms with Crippen LogP contribution in [0.2, 0.25) is 0 Å². The summed E-state index contributed by atoms with van der Waals surface area (Å²) in [4.78, 5) is 15.0. The van der Waals surface area contributed by atoms with Crippen molar-refractivity contribution in [1.29, 1.82) is 0 Å². The predicted molar refractivity (Wildman–Crippen MR) is 127 cm³/mol. The first kappa shape index (κ1) is 22.1. The van der Waals surface area contributed by atoms with E-state index in [2.05, 4.69) is 51.9 Å². The maximum Gasteiger partial charge on any atom is 0.237 e. The summed E-state index contributed by atoms with van der Waals surface area (Å²) < 4.78 is 5.12. The minimum atomic E-state index is -0.164. The van der Waals surface area contributed by atoms with E-state index in [1.165, 1.54) is 23.4 Å². The molecule has 0 bridgehead atoms. The lowest BCUT2D eigenvalue weighted by Crippen LogP contribution is -2.42. The Labute approximate surface area is 189 Å². The van der Waals surface area contributed by atoms with Gasteiger partial charge in [-0.2, -0.15) is 0 Å². The first-order valence-electron chi connectivity index (χ1n) is 11.2. The molecule has 4 rings (SSSR count). The molecule has 6 nitrogen and oxygen atoms in total. The summed E-state index contributed by atoms with van der Waals surface area (Å²) in [5.41, 5.74) is 2.18. The molecule has 1 heterocycles. The number of likely N-dealkylation sites (tertiary alicyclic amines) is 1. The number of fused-ring (bicyclic) bond motifs is 1. The molecule has 168 valence electrons. The average Bonchev–Trinajstić information content (AvgIpc) is 3.20. The van der Waals surface area contributed by atoms with Crippen molar-refractivity contribution in [2.75, 3.05) is 20.2 Å². The Hall–Kier alpha value is -3.09. The van der Waals surface area contributed by atoms with Gasteiger partial charge in [0.05, 0.1) is 13.2 Å². The van der Waals surface area contributed by atoms with Crippen LogP contribution in [0.5, 0.6) is 11.5 Å². The number of phenols is 1. The Morgan fingerprint density at radius 3 is 2.62 bits per heavy atom. The van der Waals surface area contributed by atoms with E-state index in [9.17, 15) is 9.90 Å². The van der Waals surface area contributed by atoms with Crippen LogP contribution < -0.4 is 15.4 Å². The Morgan fingerprint density at radius 1 is 1.09 bits per heavy atom. The second kappa shape index (κ2) is 10.0. The van der Waals surface area contributed by atoms with E-state index < -0.39 is 0 Å². The van der Waals surface area contributed by atoms with Gasteiger partial charge in [-0.15, -0.1) is 0 Å². The van der Waals surface area contributed by atoms with Gasteiger partial charge in [-0.25, -0.2) is 0 Å². The van der Waals surface area contributed by atoms with Gasteiger partial charge in [-0.1, -0.05) is 42.5 Å². The molecule has 1 fully saturated rings. The molecule has 0 unspecified atom stereocenters. The van der Waals surface area contributed by atoms with Crippen LogP contribution in [0.15, 0.2) is 60.7 Å². The number of ether oxygens (including phenoxy) is 1. The topological polar surface area (TPSA) is 73.8 Å². The summed E-state index contributed by atoms with van der Waals surface area (Å²) in [5.74, 6) is 0.684. The van der Waals surface area contributed by atoms with Gasteiger partial charge in [-0.05, 0) is 53.4 Å². The summed E-state index contributed by atoms with van der Waals surface area (Å²) in [7, 11) is 1.54. The number of likely N-dealkylation sites (N-methyl/N-ethyl adjacent to an activating group) is 1. The molecule has 0 aliphatic carbocycles. The van der Waals surface area contributed by atoms with Gasteiger partial charge in [-0.3, -0.25) is 9.69 Å². The molecule has 0 radical (unpaired) electrons. The summed E-state index contributed by atoms with van der Waals surface area (Å²) in [6.45, 7) is 4.72. The molecule has 1 aliphatic rings. The number of rotatable bonds is 8. The van der Waals surface area contributed by atoms with Gasteiger partial charge in [0.25, 0.3) is 0 Å². The third-order valence-electron chi connectivity index (χ3n) is 6.09. The molecule has 0 spiro atoms. The fourth-order valence-electron chi connectivity index (χ4n) is 4.47. The average molecular weight is 434 g/mol. The van der Waals surface area contributed by atoms with Crippen LogP contribution in [-0.4, -0.2) is 48.2 Å². The highest BCUT2D eigenvalue weighted by Crippen LogP contribution is 2.27. The van der Waals surface area contributed by atoms with E-state index in [0.717, 1.165) is 25.1 Å². The zero-order valence-electron chi connectivity index (χ0n) is 18.7. The van der Waals surface area contributed by atoms with Gasteiger partial charge < -0.3 is 20.5 Å². The van der Waals surface area contributed by atoms with E-state index in [-0.39, 0.29) is 23.7 Å². The standard InChI is InChI=1S/C26H31N3O3/c1-3-27-26(31)23-14-22(28-15-18-9-11-25(32-2)24(30)13-18)17-29(23)16-19-8-10-20-6-4-5-7-21(20)12-19/h4-13,22-23,28,30H,3,14-17H2,1-2H3,(H,27,31)/t22-,23+/m1/s1. The summed E-state index contributed by atoms with van der Waals surface area (Å²) in [6.07, 6.45) is 0.752. The lowest BCUT2D eigenvalue weighted by Gasteiger charge is -2.23. The fraction of sp³-hybridized carbons (Fsp3) is 0.346. The summed E-state index contributed by atoms with van der Waals surface area (Å²) >= 11 is 0. The van der Waals surface area contributed by atoms with Crippen molar-refractivity contribution in [1.82, 2.24) is 15.5 Å². The Morgan fingerprint density at radius 2 is 1.88 bits per heavy atom. The van der Waals surface area contributed by atoms with Crippen LogP contribution in [0.25, 0.3) is 10.8 Å². The van der Waals surface area contributed by atoms with E-state index in [4.69, 9.17) is 4.74 Å². The molecular formula is C26H31N3O3. The highest BCUT2D eigenvalue weighted by Gasteiger charge is 2.36. The van der Waals surface area contributed by atoms with Gasteiger partial charge in [0.15, 0.2) is 11.5 Å². The number of benzene rings is 3. The minimum Gasteiger partial charge on any atom is -0.504 e. The number of amides is 1. The largest absolute Gasteiger partial charge is 0.504 e. The number of nitrogens with zero attached hydrogens (tertiary/aromatic N) is 1. The first-order valence-corrected chi connectivity index (χ1v) is 11.2. The Balaban J connectivity index is 1.45. The SMILES string of the molecule is CCNC(=O)[C@@H]1C[C@@H](NCc2ccc(OC)c(O)c2)CN1Cc1ccc2ccccc2c1. The highest BCUT2D eigenvalue weighted by molar-refractivity contribution is 5.83. The summed E-state index contributed by atoms with van der Waals surface area (Å²) in [6, 6.07) is 20.3. The van der Waals surface area contributed by atoms with Crippen LogP contribution in [0, 0.1) is 0 Å². The molecular weight excluding hydrogens is 402 g/mol. The molecule has 1 saturated heterocycles. The molecule has 1 aliphatic heterocycles. The van der Waals surface area contributed by atoms with Crippen LogP contribution >= 0.6 is 0 Å². The lowest BCUT2D eigenvalue weighted by atomic mass is 10.1. The van der Waals surface area contributed by atoms with E-state index in [1.807, 2.05) is 19.1 Å². The van der Waals surface area contributed by atoms with Crippen LogP contribution in [-0.2, 0) is 17.9 Å². The third-order valence-corrected chi connectivity index (χ3v) is 6.09. The molecule has 3 aromatic rings. The zero-order chi connectivity index (χ0) is 22.5. The molecule has 1 amide bonds. The number of carbonyl (C=O) groups excluding carboxylic acids is 1. The van der Waals surface area contributed by atoms with Crippen LogP contribution in [0.4, 0.5) is 0 Å². The number of carbonyl (C=O) groups is 1. The minimum absolute atomic E-state index is 0.0830. The molecule has 0 aromatic heterocycles. The smallest absolute Gasteiger partial charge is 0.237 e. The number of methoxy groups -OCH3 is 1. The lowest BCUT2D eigenvalue weighted by molar-refractivity contribution is -0.125. The fourth-order valence-corrected chi connectivity index (χ4v) is 4.47. The van der Waals surface area contributed by atoms with Crippen molar-refractivity contribution in [3.05, 3.63) is 71.8 Å².